The van der Waals surface area contributed by atoms with Gasteiger partial charge in [0.2, 0.25) is 5.01 Å². The van der Waals surface area contributed by atoms with Crippen molar-refractivity contribution in [2.75, 3.05) is 0 Å². The molecule has 6 nitrogen and oxygen atoms in total. The van der Waals surface area contributed by atoms with Gasteiger partial charge in [0.1, 0.15) is 6.61 Å². The largest absolute Gasteiger partial charge is 0.484 e. The van der Waals surface area contributed by atoms with Crippen LogP contribution in [0.5, 0.6) is 5.75 Å². The Morgan fingerprint density at radius 3 is 3.06 bits per heavy atom. The van der Waals surface area contributed by atoms with Crippen LogP contribution in [0, 0.1) is 0 Å². The van der Waals surface area contributed by atoms with E-state index in [1.165, 1.54) is 0 Å². The lowest BCUT2D eigenvalue weighted by molar-refractivity contribution is 0.0696. The number of rotatable bonds is 4. The van der Waals surface area contributed by atoms with Crippen molar-refractivity contribution in [3.63, 3.8) is 0 Å². The standard InChI is InChI=1S/C9H9N3O3S/c1-12-3-7(2-10-12)15-4-6-5-16-8(11-6)9(13)14/h2-3,5H,4H2,1H3,(H,13,14). The molecule has 16 heavy (non-hydrogen) atoms. The molecule has 2 heterocycles. The zero-order chi connectivity index (χ0) is 11.5. The van der Waals surface area contributed by atoms with Gasteiger partial charge in [-0.05, 0) is 0 Å². The number of thiazole rings is 1. The van der Waals surface area contributed by atoms with E-state index < -0.39 is 5.97 Å². The third-order valence-electron chi connectivity index (χ3n) is 1.80. The Hall–Kier alpha value is -1.89. The Balaban J connectivity index is 1.97. The number of nitrogens with zero attached hydrogens (tertiary/aromatic N) is 3. The third kappa shape index (κ3) is 2.37. The van der Waals surface area contributed by atoms with E-state index in [1.54, 1.807) is 29.5 Å². The van der Waals surface area contributed by atoms with E-state index in [0.717, 1.165) is 11.3 Å². The van der Waals surface area contributed by atoms with E-state index in [2.05, 4.69) is 10.1 Å². The lowest BCUT2D eigenvalue weighted by Gasteiger charge is -1.98. The minimum atomic E-state index is -1.02. The summed E-state index contributed by atoms with van der Waals surface area (Å²) in [6, 6.07) is 0. The summed E-state index contributed by atoms with van der Waals surface area (Å²) in [4.78, 5) is 14.5. The number of carbonyl (C=O) groups is 1. The Labute approximate surface area is 95.1 Å². The molecule has 2 rings (SSSR count). The van der Waals surface area contributed by atoms with Crippen molar-refractivity contribution in [3.05, 3.63) is 28.5 Å². The molecule has 0 saturated carbocycles. The highest BCUT2D eigenvalue weighted by Gasteiger charge is 2.09. The van der Waals surface area contributed by atoms with E-state index in [-0.39, 0.29) is 11.6 Å². The molecule has 84 valence electrons. The van der Waals surface area contributed by atoms with Crippen molar-refractivity contribution in [1.82, 2.24) is 14.8 Å². The van der Waals surface area contributed by atoms with Gasteiger partial charge >= 0.3 is 5.97 Å². The van der Waals surface area contributed by atoms with Gasteiger partial charge in [-0.3, -0.25) is 4.68 Å². The van der Waals surface area contributed by atoms with Crippen LogP contribution in [0.25, 0.3) is 0 Å². The molecule has 0 radical (unpaired) electrons. The van der Waals surface area contributed by atoms with Crippen LogP contribution in [0.15, 0.2) is 17.8 Å². The molecule has 0 aromatic carbocycles. The summed E-state index contributed by atoms with van der Waals surface area (Å²) in [6.07, 6.45) is 3.31. The fourth-order valence-electron chi connectivity index (χ4n) is 1.10. The van der Waals surface area contributed by atoms with E-state index >= 15 is 0 Å². The molecule has 7 heteroatoms. The van der Waals surface area contributed by atoms with E-state index in [1.807, 2.05) is 0 Å². The van der Waals surface area contributed by atoms with Gasteiger partial charge in [-0.15, -0.1) is 11.3 Å². The van der Waals surface area contributed by atoms with Crippen molar-refractivity contribution in [2.24, 2.45) is 7.05 Å². The second kappa shape index (κ2) is 4.31. The molecule has 0 fully saturated rings. The first-order valence-corrected chi connectivity index (χ1v) is 5.32. The molecule has 0 amide bonds. The van der Waals surface area contributed by atoms with Gasteiger partial charge in [0, 0.05) is 12.4 Å². The van der Waals surface area contributed by atoms with Gasteiger partial charge in [0.05, 0.1) is 18.1 Å². The number of hydrogen-bond donors (Lipinski definition) is 1. The number of aryl methyl sites for hydroxylation is 1. The highest BCUT2D eigenvalue weighted by Crippen LogP contribution is 2.13. The van der Waals surface area contributed by atoms with Crippen LogP contribution in [0.4, 0.5) is 0 Å². The van der Waals surface area contributed by atoms with Crippen molar-refractivity contribution >= 4 is 17.3 Å². The smallest absolute Gasteiger partial charge is 0.365 e. The van der Waals surface area contributed by atoms with Crippen molar-refractivity contribution in [2.45, 2.75) is 6.61 Å². The van der Waals surface area contributed by atoms with Gasteiger partial charge in [-0.1, -0.05) is 0 Å². The zero-order valence-corrected chi connectivity index (χ0v) is 9.27. The first kappa shape index (κ1) is 10.6. The minimum Gasteiger partial charge on any atom is -0.484 e. The second-order valence-corrected chi connectivity index (χ2v) is 3.95. The normalized spacial score (nSPS) is 10.3. The molecule has 2 aromatic rings. The van der Waals surface area contributed by atoms with Crippen LogP contribution in [0.3, 0.4) is 0 Å². The summed E-state index contributed by atoms with van der Waals surface area (Å²) in [6.45, 7) is 0.246. The quantitative estimate of drug-likeness (QED) is 0.866. The molecule has 0 saturated heterocycles. The van der Waals surface area contributed by atoms with Gasteiger partial charge in [-0.2, -0.15) is 5.10 Å². The predicted octanol–water partition coefficient (Wildman–Crippen LogP) is 1.15. The summed E-state index contributed by atoms with van der Waals surface area (Å²) < 4.78 is 7.00. The molecule has 0 aliphatic carbocycles. The van der Waals surface area contributed by atoms with Gasteiger partial charge in [-0.25, -0.2) is 9.78 Å². The maximum Gasteiger partial charge on any atom is 0.365 e. The molecular formula is C9H9N3O3S. The van der Waals surface area contributed by atoms with Crippen molar-refractivity contribution < 1.29 is 14.6 Å². The second-order valence-electron chi connectivity index (χ2n) is 3.09. The Morgan fingerprint density at radius 1 is 1.69 bits per heavy atom. The molecule has 0 unspecified atom stereocenters. The lowest BCUT2D eigenvalue weighted by Crippen LogP contribution is -1.98. The monoisotopic (exact) mass is 239 g/mol. The van der Waals surface area contributed by atoms with Crippen LogP contribution >= 0.6 is 11.3 Å². The van der Waals surface area contributed by atoms with Crippen molar-refractivity contribution in [1.29, 1.82) is 0 Å². The highest BCUT2D eigenvalue weighted by molar-refractivity contribution is 7.11. The number of aromatic carboxylic acids is 1. The fraction of sp³-hybridized carbons (Fsp3) is 0.222. The SMILES string of the molecule is Cn1cc(OCc2csc(C(=O)O)n2)cn1. The van der Waals surface area contributed by atoms with Crippen LogP contribution in [-0.2, 0) is 13.7 Å². The van der Waals surface area contributed by atoms with E-state index in [9.17, 15) is 4.79 Å². The third-order valence-corrected chi connectivity index (χ3v) is 2.68. The average molecular weight is 239 g/mol. The summed E-state index contributed by atoms with van der Waals surface area (Å²) >= 11 is 1.09. The number of hydrogen-bond acceptors (Lipinski definition) is 5. The summed E-state index contributed by atoms with van der Waals surface area (Å²) in [7, 11) is 1.79. The van der Waals surface area contributed by atoms with Crippen molar-refractivity contribution in [3.8, 4) is 5.75 Å². The van der Waals surface area contributed by atoms with Crippen LogP contribution < -0.4 is 4.74 Å². The predicted molar refractivity (Wildman–Crippen MR) is 56.6 cm³/mol. The lowest BCUT2D eigenvalue weighted by atomic mass is 10.5. The molecule has 0 aliphatic rings. The number of aromatic nitrogens is 3. The molecular weight excluding hydrogens is 230 g/mol. The minimum absolute atomic E-state index is 0.0739. The molecule has 0 aliphatic heterocycles. The molecule has 0 spiro atoms. The summed E-state index contributed by atoms with van der Waals surface area (Å²) in [5.41, 5.74) is 0.603. The maximum atomic E-state index is 10.6. The fourth-order valence-corrected chi connectivity index (χ4v) is 1.74. The molecule has 2 aromatic heterocycles. The highest BCUT2D eigenvalue weighted by atomic mass is 32.1. The topological polar surface area (TPSA) is 77.2 Å². The van der Waals surface area contributed by atoms with Crippen LogP contribution in [0.1, 0.15) is 15.5 Å². The number of carboxylic acid groups (broad SMARTS) is 1. The zero-order valence-electron chi connectivity index (χ0n) is 8.45. The van der Waals surface area contributed by atoms with E-state index in [0.29, 0.717) is 11.4 Å². The first-order chi connectivity index (χ1) is 7.65. The number of ether oxygens (including phenoxy) is 1. The molecule has 0 bridgehead atoms. The Morgan fingerprint density at radius 2 is 2.50 bits per heavy atom. The molecule has 1 N–H and O–H groups in total. The first-order valence-electron chi connectivity index (χ1n) is 4.44. The van der Waals surface area contributed by atoms with Gasteiger partial charge in [0.15, 0.2) is 5.75 Å². The van der Waals surface area contributed by atoms with Gasteiger partial charge in [0.25, 0.3) is 0 Å². The summed E-state index contributed by atoms with van der Waals surface area (Å²) in [5, 5.41) is 14.4. The Bertz CT molecular complexity index is 506. The van der Waals surface area contributed by atoms with Gasteiger partial charge < -0.3 is 9.84 Å². The van der Waals surface area contributed by atoms with Crippen LogP contribution in [-0.4, -0.2) is 25.8 Å². The number of carboxylic acids is 1. The Kier molecular flexibility index (Phi) is 2.86. The summed E-state index contributed by atoms with van der Waals surface area (Å²) in [5.74, 6) is -0.384. The maximum absolute atomic E-state index is 10.6. The molecule has 0 atom stereocenters. The van der Waals surface area contributed by atoms with E-state index in [4.69, 9.17) is 9.84 Å². The average Bonchev–Trinajstić information content (AvgIpc) is 2.83. The van der Waals surface area contributed by atoms with Crippen LogP contribution in [0.2, 0.25) is 0 Å².